The van der Waals surface area contributed by atoms with E-state index in [0.29, 0.717) is 12.2 Å². The summed E-state index contributed by atoms with van der Waals surface area (Å²) in [6, 6.07) is 0. The van der Waals surface area contributed by atoms with Gasteiger partial charge in [-0.2, -0.15) is 0 Å². The minimum Gasteiger partial charge on any atom is -0.365 e. The third kappa shape index (κ3) is 3.40. The number of hydrogen-bond acceptors (Lipinski definition) is 1. The molecule has 0 saturated carbocycles. The van der Waals surface area contributed by atoms with E-state index in [1.807, 2.05) is 6.08 Å². The van der Waals surface area contributed by atoms with Gasteiger partial charge in [-0.25, -0.2) is 0 Å². The molecule has 1 fully saturated rings. The van der Waals surface area contributed by atoms with Crippen LogP contribution in [0.4, 0.5) is 0 Å². The Kier molecular flexibility index (Phi) is 4.37. The molecule has 1 heteroatoms. The summed E-state index contributed by atoms with van der Waals surface area (Å²) in [5.41, 5.74) is 0. The summed E-state index contributed by atoms with van der Waals surface area (Å²) >= 11 is 0. The largest absolute Gasteiger partial charge is 0.365 e. The highest BCUT2D eigenvalue weighted by molar-refractivity contribution is 4.97. The number of unbranched alkanes of at least 4 members (excludes halogenated alkanes) is 4. The highest BCUT2D eigenvalue weighted by Crippen LogP contribution is 2.27. The highest BCUT2D eigenvalue weighted by Gasteiger charge is 2.34. The van der Waals surface area contributed by atoms with Crippen LogP contribution in [0.15, 0.2) is 12.7 Å². The van der Waals surface area contributed by atoms with Gasteiger partial charge >= 0.3 is 0 Å². The molecule has 0 aromatic rings. The van der Waals surface area contributed by atoms with Crippen molar-refractivity contribution in [2.45, 2.75) is 57.7 Å². The lowest BCUT2D eigenvalue weighted by molar-refractivity contribution is 0.372. The lowest BCUT2D eigenvalue weighted by Crippen LogP contribution is -1.90. The molecular formula is C11H20O. The first kappa shape index (κ1) is 9.79. The van der Waals surface area contributed by atoms with E-state index >= 15 is 0 Å². The summed E-state index contributed by atoms with van der Waals surface area (Å²) in [6.07, 6.45) is 10.9. The van der Waals surface area contributed by atoms with Crippen LogP contribution in [0.3, 0.4) is 0 Å². The average Bonchev–Trinajstić information content (AvgIpc) is 2.83. The van der Waals surface area contributed by atoms with Gasteiger partial charge in [0.2, 0.25) is 0 Å². The van der Waals surface area contributed by atoms with Crippen LogP contribution in [0.5, 0.6) is 0 Å². The number of epoxide rings is 1. The van der Waals surface area contributed by atoms with E-state index in [-0.39, 0.29) is 0 Å². The molecule has 0 N–H and O–H groups in total. The Morgan fingerprint density at radius 3 is 2.58 bits per heavy atom. The minimum absolute atomic E-state index is 0.385. The predicted octanol–water partition coefficient (Wildman–Crippen LogP) is 3.30. The van der Waals surface area contributed by atoms with E-state index in [4.69, 9.17) is 4.74 Å². The summed E-state index contributed by atoms with van der Waals surface area (Å²) in [5, 5.41) is 0. The van der Waals surface area contributed by atoms with Gasteiger partial charge in [-0.1, -0.05) is 45.1 Å². The van der Waals surface area contributed by atoms with E-state index in [0.717, 1.165) is 0 Å². The summed E-state index contributed by atoms with van der Waals surface area (Å²) in [7, 11) is 0. The normalized spacial score (nSPS) is 27.1. The fourth-order valence-corrected chi connectivity index (χ4v) is 1.55. The van der Waals surface area contributed by atoms with Crippen molar-refractivity contribution >= 4 is 0 Å². The van der Waals surface area contributed by atoms with Crippen LogP contribution in [0, 0.1) is 0 Å². The number of hydrogen-bond donors (Lipinski definition) is 0. The number of rotatable bonds is 7. The van der Waals surface area contributed by atoms with E-state index in [1.165, 1.54) is 38.5 Å². The van der Waals surface area contributed by atoms with Crippen LogP contribution >= 0.6 is 0 Å². The standard InChI is InChI=1S/C11H20O/c1-3-5-6-7-8-9-11-10(4-2)12-11/h4,10-11H,2-3,5-9H2,1H3/t10-,11-/m1/s1. The molecule has 0 amide bonds. The van der Waals surface area contributed by atoms with Crippen molar-refractivity contribution in [3.8, 4) is 0 Å². The van der Waals surface area contributed by atoms with Crippen LogP contribution in [0.1, 0.15) is 45.4 Å². The molecule has 0 unspecified atom stereocenters. The van der Waals surface area contributed by atoms with Crippen LogP contribution in [-0.2, 0) is 4.74 Å². The first-order chi connectivity index (χ1) is 5.88. The topological polar surface area (TPSA) is 12.5 Å². The monoisotopic (exact) mass is 168 g/mol. The van der Waals surface area contributed by atoms with Gasteiger partial charge in [0.25, 0.3) is 0 Å². The van der Waals surface area contributed by atoms with Gasteiger partial charge in [0, 0.05) is 0 Å². The lowest BCUT2D eigenvalue weighted by atomic mass is 10.1. The molecule has 1 saturated heterocycles. The predicted molar refractivity (Wildman–Crippen MR) is 52.2 cm³/mol. The molecule has 0 aliphatic carbocycles. The van der Waals surface area contributed by atoms with Gasteiger partial charge in [0.15, 0.2) is 0 Å². The smallest absolute Gasteiger partial charge is 0.102 e. The van der Waals surface area contributed by atoms with Crippen molar-refractivity contribution in [1.29, 1.82) is 0 Å². The van der Waals surface area contributed by atoms with Crippen LogP contribution < -0.4 is 0 Å². The van der Waals surface area contributed by atoms with E-state index in [2.05, 4.69) is 13.5 Å². The van der Waals surface area contributed by atoms with Crippen molar-refractivity contribution in [3.05, 3.63) is 12.7 Å². The maximum Gasteiger partial charge on any atom is 0.102 e. The van der Waals surface area contributed by atoms with Gasteiger partial charge in [0.1, 0.15) is 6.10 Å². The Morgan fingerprint density at radius 2 is 2.00 bits per heavy atom. The summed E-state index contributed by atoms with van der Waals surface area (Å²) in [5.74, 6) is 0. The zero-order chi connectivity index (χ0) is 8.81. The molecule has 2 atom stereocenters. The van der Waals surface area contributed by atoms with E-state index < -0.39 is 0 Å². The Labute approximate surface area is 75.8 Å². The SMILES string of the molecule is C=C[C@H]1O[C@@H]1CCCCCCC. The first-order valence-electron chi connectivity index (χ1n) is 5.16. The lowest BCUT2D eigenvalue weighted by Gasteiger charge is -1.96. The Bertz CT molecular complexity index is 131. The van der Waals surface area contributed by atoms with Crippen molar-refractivity contribution in [1.82, 2.24) is 0 Å². The van der Waals surface area contributed by atoms with Crippen LogP contribution in [0.25, 0.3) is 0 Å². The summed E-state index contributed by atoms with van der Waals surface area (Å²) in [6.45, 7) is 5.95. The molecule has 12 heavy (non-hydrogen) atoms. The average molecular weight is 168 g/mol. The first-order valence-corrected chi connectivity index (χ1v) is 5.16. The molecule has 1 aliphatic heterocycles. The maximum atomic E-state index is 5.35. The molecule has 1 heterocycles. The second kappa shape index (κ2) is 5.36. The van der Waals surface area contributed by atoms with Crippen LogP contribution in [-0.4, -0.2) is 12.2 Å². The second-order valence-corrected chi connectivity index (χ2v) is 3.58. The number of ether oxygens (including phenoxy) is 1. The van der Waals surface area contributed by atoms with Crippen molar-refractivity contribution < 1.29 is 4.74 Å². The molecule has 0 radical (unpaired) electrons. The fraction of sp³-hybridized carbons (Fsp3) is 0.818. The second-order valence-electron chi connectivity index (χ2n) is 3.58. The Hall–Kier alpha value is -0.300. The van der Waals surface area contributed by atoms with Crippen molar-refractivity contribution in [3.63, 3.8) is 0 Å². The van der Waals surface area contributed by atoms with Crippen molar-refractivity contribution in [2.24, 2.45) is 0 Å². The van der Waals surface area contributed by atoms with Gasteiger partial charge in [0.05, 0.1) is 6.10 Å². The van der Waals surface area contributed by atoms with Gasteiger partial charge in [-0.05, 0) is 6.42 Å². The molecule has 0 aromatic heterocycles. The van der Waals surface area contributed by atoms with Gasteiger partial charge in [-0.3, -0.25) is 0 Å². The van der Waals surface area contributed by atoms with E-state index in [1.54, 1.807) is 0 Å². The third-order valence-electron chi connectivity index (χ3n) is 2.45. The summed E-state index contributed by atoms with van der Waals surface area (Å²) < 4.78 is 5.35. The molecule has 70 valence electrons. The van der Waals surface area contributed by atoms with Gasteiger partial charge in [-0.15, -0.1) is 6.58 Å². The zero-order valence-corrected chi connectivity index (χ0v) is 8.09. The molecule has 1 aliphatic rings. The maximum absolute atomic E-state index is 5.35. The minimum atomic E-state index is 0.385. The van der Waals surface area contributed by atoms with Gasteiger partial charge < -0.3 is 4.74 Å². The van der Waals surface area contributed by atoms with Crippen LogP contribution in [0.2, 0.25) is 0 Å². The molecule has 1 rings (SSSR count). The molecule has 1 nitrogen and oxygen atoms in total. The molecular weight excluding hydrogens is 148 g/mol. The van der Waals surface area contributed by atoms with E-state index in [9.17, 15) is 0 Å². The molecule has 0 spiro atoms. The highest BCUT2D eigenvalue weighted by atomic mass is 16.6. The third-order valence-corrected chi connectivity index (χ3v) is 2.45. The van der Waals surface area contributed by atoms with Crippen molar-refractivity contribution in [2.75, 3.05) is 0 Å². The molecule has 0 aromatic carbocycles. The quantitative estimate of drug-likeness (QED) is 0.323. The zero-order valence-electron chi connectivity index (χ0n) is 8.09. The molecule has 0 bridgehead atoms. The Balaban J connectivity index is 1.81. The fourth-order valence-electron chi connectivity index (χ4n) is 1.55. The summed E-state index contributed by atoms with van der Waals surface area (Å²) in [4.78, 5) is 0. The Morgan fingerprint density at radius 1 is 1.25 bits per heavy atom.